The van der Waals surface area contributed by atoms with E-state index in [1.165, 1.54) is 19.3 Å². The van der Waals surface area contributed by atoms with Crippen molar-refractivity contribution in [1.82, 2.24) is 5.32 Å². The molecule has 3 unspecified atom stereocenters. The highest BCUT2D eigenvalue weighted by Gasteiger charge is 2.40. The zero-order valence-corrected chi connectivity index (χ0v) is 9.68. The van der Waals surface area contributed by atoms with Gasteiger partial charge in [0.25, 0.3) is 0 Å². The molecule has 0 aromatic rings. The summed E-state index contributed by atoms with van der Waals surface area (Å²) in [6.45, 7) is 9.09. The van der Waals surface area contributed by atoms with Gasteiger partial charge >= 0.3 is 0 Å². The molecule has 3 atom stereocenters. The smallest absolute Gasteiger partial charge is 0.0621 e. The average Bonchev–Trinajstić information content (AvgIpc) is 2.62. The third-order valence-electron chi connectivity index (χ3n) is 3.29. The minimum absolute atomic E-state index is 0.401. The Kier molecular flexibility index (Phi) is 2.85. The third kappa shape index (κ3) is 2.48. The third-order valence-corrected chi connectivity index (χ3v) is 3.29. The predicted molar refractivity (Wildman–Crippen MR) is 58.3 cm³/mol. The normalized spacial score (nSPS) is 36.6. The number of hydrogen-bond donors (Lipinski definition) is 1. The van der Waals surface area contributed by atoms with Gasteiger partial charge in [0.05, 0.1) is 12.2 Å². The fourth-order valence-electron chi connectivity index (χ4n) is 2.59. The van der Waals surface area contributed by atoms with Gasteiger partial charge in [-0.15, -0.1) is 0 Å². The molecule has 0 amide bonds. The molecule has 0 saturated carbocycles. The number of ether oxygens (including phenoxy) is 1. The van der Waals surface area contributed by atoms with Crippen LogP contribution in [0.3, 0.4) is 0 Å². The maximum atomic E-state index is 5.83. The highest BCUT2D eigenvalue weighted by atomic mass is 16.5. The number of fused-ring (bicyclic) bond motifs is 2. The van der Waals surface area contributed by atoms with E-state index in [0.717, 1.165) is 19.0 Å². The molecular formula is C12H23NO. The van der Waals surface area contributed by atoms with E-state index in [9.17, 15) is 0 Å². The first-order chi connectivity index (χ1) is 6.54. The van der Waals surface area contributed by atoms with Gasteiger partial charge in [-0.05, 0) is 24.7 Å². The van der Waals surface area contributed by atoms with Gasteiger partial charge in [-0.3, -0.25) is 0 Å². The zero-order valence-electron chi connectivity index (χ0n) is 9.68. The molecule has 0 aromatic heterocycles. The van der Waals surface area contributed by atoms with Crippen molar-refractivity contribution in [3.63, 3.8) is 0 Å². The second-order valence-electron chi connectivity index (χ2n) is 6.06. The maximum absolute atomic E-state index is 5.83. The lowest BCUT2D eigenvalue weighted by Gasteiger charge is -2.23. The molecule has 14 heavy (non-hydrogen) atoms. The Labute approximate surface area is 87.4 Å². The molecule has 2 rings (SSSR count). The Balaban J connectivity index is 1.67. The lowest BCUT2D eigenvalue weighted by molar-refractivity contribution is 0.0920. The van der Waals surface area contributed by atoms with Gasteiger partial charge in [0.2, 0.25) is 0 Å². The lowest BCUT2D eigenvalue weighted by Crippen LogP contribution is -2.34. The fraction of sp³-hybridized carbons (Fsp3) is 1.00. The van der Waals surface area contributed by atoms with Crippen LogP contribution in [0.4, 0.5) is 0 Å². The summed E-state index contributed by atoms with van der Waals surface area (Å²) in [5, 5.41) is 3.57. The van der Waals surface area contributed by atoms with Crippen molar-refractivity contribution >= 4 is 0 Å². The Morgan fingerprint density at radius 3 is 2.57 bits per heavy atom. The molecule has 2 aliphatic rings. The fourth-order valence-corrected chi connectivity index (χ4v) is 2.59. The van der Waals surface area contributed by atoms with Gasteiger partial charge < -0.3 is 10.1 Å². The molecule has 0 aromatic carbocycles. The van der Waals surface area contributed by atoms with Crippen molar-refractivity contribution < 1.29 is 4.74 Å². The summed E-state index contributed by atoms with van der Waals surface area (Å²) in [6, 6.07) is 0. The number of hydrogen-bond acceptors (Lipinski definition) is 2. The monoisotopic (exact) mass is 197 g/mol. The second-order valence-corrected chi connectivity index (χ2v) is 6.06. The maximum Gasteiger partial charge on any atom is 0.0621 e. The molecule has 0 spiro atoms. The highest BCUT2D eigenvalue weighted by molar-refractivity contribution is 4.90. The molecule has 2 heterocycles. The summed E-state index contributed by atoms with van der Waals surface area (Å²) in [6.07, 6.45) is 5.07. The van der Waals surface area contributed by atoms with Crippen molar-refractivity contribution in [3.8, 4) is 0 Å². The van der Waals surface area contributed by atoms with E-state index in [1.807, 2.05) is 0 Å². The second kappa shape index (κ2) is 3.82. The summed E-state index contributed by atoms with van der Waals surface area (Å²) in [5.41, 5.74) is 0.401. The van der Waals surface area contributed by atoms with Crippen molar-refractivity contribution in [2.24, 2.45) is 11.3 Å². The molecule has 2 nitrogen and oxygen atoms in total. The van der Waals surface area contributed by atoms with E-state index in [2.05, 4.69) is 26.1 Å². The summed E-state index contributed by atoms with van der Waals surface area (Å²) >= 11 is 0. The van der Waals surface area contributed by atoms with Crippen molar-refractivity contribution in [2.75, 3.05) is 13.1 Å². The number of rotatable bonds is 3. The molecule has 2 heteroatoms. The Hall–Kier alpha value is -0.0800. The van der Waals surface area contributed by atoms with E-state index in [4.69, 9.17) is 4.74 Å². The molecular weight excluding hydrogens is 174 g/mol. The Bertz CT molecular complexity index is 197. The molecule has 1 N–H and O–H groups in total. The molecule has 2 saturated heterocycles. The van der Waals surface area contributed by atoms with Crippen LogP contribution in [0.1, 0.15) is 40.0 Å². The molecule has 2 fully saturated rings. The van der Waals surface area contributed by atoms with Gasteiger partial charge in [-0.2, -0.15) is 0 Å². The molecule has 82 valence electrons. The van der Waals surface area contributed by atoms with E-state index in [-0.39, 0.29) is 0 Å². The standard InChI is InChI=1S/C12H23NO/c1-12(2,3)8-13-7-9-6-10-4-5-11(9)14-10/h9-11,13H,4-8H2,1-3H3. The molecule has 2 bridgehead atoms. The summed E-state index contributed by atoms with van der Waals surface area (Å²) in [4.78, 5) is 0. The molecule has 0 radical (unpaired) electrons. The van der Waals surface area contributed by atoms with Crippen LogP contribution in [0.25, 0.3) is 0 Å². The van der Waals surface area contributed by atoms with Crippen LogP contribution < -0.4 is 5.32 Å². The van der Waals surface area contributed by atoms with Gasteiger partial charge in [-0.1, -0.05) is 20.8 Å². The first-order valence-electron chi connectivity index (χ1n) is 5.91. The van der Waals surface area contributed by atoms with Crippen molar-refractivity contribution in [3.05, 3.63) is 0 Å². The van der Waals surface area contributed by atoms with Crippen LogP contribution >= 0.6 is 0 Å². The minimum Gasteiger partial charge on any atom is -0.375 e. The van der Waals surface area contributed by atoms with Crippen LogP contribution in [0.5, 0.6) is 0 Å². The number of nitrogens with one attached hydrogen (secondary N) is 1. The Morgan fingerprint density at radius 2 is 2.07 bits per heavy atom. The van der Waals surface area contributed by atoms with E-state index >= 15 is 0 Å². The van der Waals surface area contributed by atoms with Gasteiger partial charge in [0, 0.05) is 19.0 Å². The van der Waals surface area contributed by atoms with Gasteiger partial charge in [0.15, 0.2) is 0 Å². The van der Waals surface area contributed by atoms with E-state index in [0.29, 0.717) is 17.6 Å². The quantitative estimate of drug-likeness (QED) is 0.749. The predicted octanol–water partition coefficient (Wildman–Crippen LogP) is 2.19. The molecule has 0 aliphatic carbocycles. The average molecular weight is 197 g/mol. The largest absolute Gasteiger partial charge is 0.375 e. The first kappa shape index (κ1) is 10.4. The topological polar surface area (TPSA) is 21.3 Å². The van der Waals surface area contributed by atoms with Crippen LogP contribution in [0.2, 0.25) is 0 Å². The van der Waals surface area contributed by atoms with Crippen LogP contribution in [0, 0.1) is 11.3 Å². The van der Waals surface area contributed by atoms with Crippen LogP contribution in [0.15, 0.2) is 0 Å². The summed E-state index contributed by atoms with van der Waals surface area (Å²) < 4.78 is 5.83. The van der Waals surface area contributed by atoms with Gasteiger partial charge in [-0.25, -0.2) is 0 Å². The summed E-state index contributed by atoms with van der Waals surface area (Å²) in [5.74, 6) is 0.788. The highest BCUT2D eigenvalue weighted by Crippen LogP contribution is 2.38. The van der Waals surface area contributed by atoms with E-state index in [1.54, 1.807) is 0 Å². The first-order valence-corrected chi connectivity index (χ1v) is 5.91. The van der Waals surface area contributed by atoms with Crippen molar-refractivity contribution in [2.45, 2.75) is 52.2 Å². The van der Waals surface area contributed by atoms with Gasteiger partial charge in [0.1, 0.15) is 0 Å². The van der Waals surface area contributed by atoms with Crippen LogP contribution in [-0.4, -0.2) is 25.3 Å². The molecule has 2 aliphatic heterocycles. The van der Waals surface area contributed by atoms with E-state index < -0.39 is 0 Å². The Morgan fingerprint density at radius 1 is 1.29 bits per heavy atom. The minimum atomic E-state index is 0.401. The lowest BCUT2D eigenvalue weighted by atomic mass is 9.89. The van der Waals surface area contributed by atoms with Crippen LogP contribution in [-0.2, 0) is 4.74 Å². The summed E-state index contributed by atoms with van der Waals surface area (Å²) in [7, 11) is 0. The van der Waals surface area contributed by atoms with Crippen molar-refractivity contribution in [1.29, 1.82) is 0 Å². The SMILES string of the molecule is CC(C)(C)CNCC1CC2CCC1O2. The zero-order chi connectivity index (χ0) is 10.2.